The van der Waals surface area contributed by atoms with Gasteiger partial charge in [0.2, 0.25) is 0 Å². The van der Waals surface area contributed by atoms with Gasteiger partial charge in [-0.2, -0.15) is 0 Å². The molecule has 1 saturated carbocycles. The van der Waals surface area contributed by atoms with Gasteiger partial charge in [0, 0.05) is 12.1 Å². The molecule has 1 aliphatic rings. The summed E-state index contributed by atoms with van der Waals surface area (Å²) in [7, 11) is 0. The van der Waals surface area contributed by atoms with Gasteiger partial charge >= 0.3 is 0 Å². The van der Waals surface area contributed by atoms with Crippen molar-refractivity contribution >= 4 is 0 Å². The van der Waals surface area contributed by atoms with Gasteiger partial charge in [-0.05, 0) is 63.9 Å². The van der Waals surface area contributed by atoms with Crippen LogP contribution in [0.2, 0.25) is 0 Å². The first-order chi connectivity index (χ1) is 8.78. The topological polar surface area (TPSA) is 12.0 Å². The minimum Gasteiger partial charge on any atom is -0.312 e. The highest BCUT2D eigenvalue weighted by Gasteiger charge is 2.41. The summed E-state index contributed by atoms with van der Waals surface area (Å²) in [5, 5.41) is 3.72. The second-order valence-corrected chi connectivity index (χ2v) is 7.70. The van der Waals surface area contributed by atoms with E-state index >= 15 is 0 Å². The molecule has 0 bridgehead atoms. The predicted octanol–water partition coefficient (Wildman–Crippen LogP) is 4.34. The summed E-state index contributed by atoms with van der Waals surface area (Å²) in [6, 6.07) is 9.00. The van der Waals surface area contributed by atoms with Crippen LogP contribution in [0.15, 0.2) is 24.3 Å². The third kappa shape index (κ3) is 4.35. The molecule has 0 spiro atoms. The highest BCUT2D eigenvalue weighted by atomic mass is 15.0. The molecule has 1 unspecified atom stereocenters. The second-order valence-electron chi connectivity index (χ2n) is 7.70. The zero-order chi connectivity index (χ0) is 14.1. The first-order valence-corrected chi connectivity index (χ1v) is 7.59. The quantitative estimate of drug-likeness (QED) is 0.829. The molecular weight excluding hydrogens is 230 g/mol. The van der Waals surface area contributed by atoms with Gasteiger partial charge in [0.15, 0.2) is 0 Å². The largest absolute Gasteiger partial charge is 0.312 e. The summed E-state index contributed by atoms with van der Waals surface area (Å²) in [6.45, 7) is 12.5. The van der Waals surface area contributed by atoms with Crippen LogP contribution in [0.25, 0.3) is 0 Å². The van der Waals surface area contributed by atoms with Crippen molar-refractivity contribution in [2.24, 2.45) is 11.3 Å². The molecule has 1 aliphatic carbocycles. The van der Waals surface area contributed by atoms with E-state index in [4.69, 9.17) is 0 Å². The van der Waals surface area contributed by atoms with Crippen LogP contribution in [-0.4, -0.2) is 12.1 Å². The van der Waals surface area contributed by atoms with Crippen molar-refractivity contribution in [1.82, 2.24) is 5.32 Å². The zero-order valence-electron chi connectivity index (χ0n) is 13.2. The molecule has 1 nitrogen and oxygen atoms in total. The van der Waals surface area contributed by atoms with Crippen molar-refractivity contribution < 1.29 is 0 Å². The fourth-order valence-corrected chi connectivity index (χ4v) is 2.89. The van der Waals surface area contributed by atoms with E-state index in [0.717, 1.165) is 12.5 Å². The zero-order valence-corrected chi connectivity index (χ0v) is 13.2. The summed E-state index contributed by atoms with van der Waals surface area (Å²) in [6.07, 6.45) is 4.02. The van der Waals surface area contributed by atoms with Crippen molar-refractivity contribution in [1.29, 1.82) is 0 Å². The maximum Gasteiger partial charge on any atom is 0.00967 e. The van der Waals surface area contributed by atoms with Gasteiger partial charge in [-0.3, -0.25) is 0 Å². The Morgan fingerprint density at radius 3 is 2.37 bits per heavy atom. The molecular formula is C18H29N. The molecule has 1 fully saturated rings. The average molecular weight is 259 g/mol. The number of benzene rings is 1. The van der Waals surface area contributed by atoms with E-state index in [0.29, 0.717) is 5.41 Å². The SMILES string of the molecule is Cc1cccc(CC(C)(CNC(C)(C)C)C2CC2)c1. The first kappa shape index (κ1) is 14.6. The molecule has 1 N–H and O–H groups in total. The summed E-state index contributed by atoms with van der Waals surface area (Å²) in [5.41, 5.74) is 3.48. The fourth-order valence-electron chi connectivity index (χ4n) is 2.89. The van der Waals surface area contributed by atoms with Gasteiger partial charge < -0.3 is 5.32 Å². The molecule has 106 valence electrons. The van der Waals surface area contributed by atoms with Gasteiger partial charge in [-0.1, -0.05) is 36.8 Å². The van der Waals surface area contributed by atoms with Crippen LogP contribution in [0.4, 0.5) is 0 Å². The van der Waals surface area contributed by atoms with Crippen LogP contribution >= 0.6 is 0 Å². The predicted molar refractivity (Wildman–Crippen MR) is 83.5 cm³/mol. The summed E-state index contributed by atoms with van der Waals surface area (Å²) in [4.78, 5) is 0. The Kier molecular flexibility index (Phi) is 4.06. The van der Waals surface area contributed by atoms with Crippen LogP contribution in [0.1, 0.15) is 51.7 Å². The Labute approximate surface area is 118 Å². The smallest absolute Gasteiger partial charge is 0.00967 e. The number of aryl methyl sites for hydroxylation is 1. The molecule has 1 aromatic carbocycles. The van der Waals surface area contributed by atoms with Crippen LogP contribution < -0.4 is 5.32 Å². The monoisotopic (exact) mass is 259 g/mol. The van der Waals surface area contributed by atoms with Crippen LogP contribution in [0.3, 0.4) is 0 Å². The van der Waals surface area contributed by atoms with Gasteiger partial charge in [-0.15, -0.1) is 0 Å². The number of rotatable bonds is 5. The third-order valence-corrected chi connectivity index (χ3v) is 4.28. The van der Waals surface area contributed by atoms with Crippen molar-refractivity contribution in [3.05, 3.63) is 35.4 Å². The highest BCUT2D eigenvalue weighted by Crippen LogP contribution is 2.47. The maximum atomic E-state index is 3.72. The second kappa shape index (κ2) is 5.28. The van der Waals surface area contributed by atoms with Gasteiger partial charge in [0.05, 0.1) is 0 Å². The van der Waals surface area contributed by atoms with E-state index in [2.05, 4.69) is 64.2 Å². The standard InChI is InChI=1S/C18H29N/c1-14-7-6-8-15(11-14)12-18(5,16-9-10-16)13-19-17(2,3)4/h6-8,11,16,19H,9-10,12-13H2,1-5H3. The molecule has 0 heterocycles. The maximum absolute atomic E-state index is 3.72. The molecule has 2 rings (SSSR count). The molecule has 1 heteroatoms. The highest BCUT2D eigenvalue weighted by molar-refractivity contribution is 5.24. The van der Waals surface area contributed by atoms with E-state index in [1.165, 1.54) is 30.4 Å². The van der Waals surface area contributed by atoms with E-state index in [1.807, 2.05) is 0 Å². The minimum atomic E-state index is 0.211. The first-order valence-electron chi connectivity index (χ1n) is 7.59. The van der Waals surface area contributed by atoms with Crippen LogP contribution in [0.5, 0.6) is 0 Å². The van der Waals surface area contributed by atoms with Crippen LogP contribution in [-0.2, 0) is 6.42 Å². The molecule has 1 aromatic rings. The van der Waals surface area contributed by atoms with Crippen molar-refractivity contribution in [2.75, 3.05) is 6.54 Å². The van der Waals surface area contributed by atoms with Crippen molar-refractivity contribution in [3.63, 3.8) is 0 Å². The van der Waals surface area contributed by atoms with Gasteiger partial charge in [0.1, 0.15) is 0 Å². The Bertz CT molecular complexity index is 426. The van der Waals surface area contributed by atoms with E-state index in [-0.39, 0.29) is 5.54 Å². The normalized spacial score (nSPS) is 19.2. The average Bonchev–Trinajstić information content (AvgIpc) is 3.09. The van der Waals surface area contributed by atoms with Crippen LogP contribution in [0, 0.1) is 18.3 Å². The molecule has 19 heavy (non-hydrogen) atoms. The number of hydrogen-bond donors (Lipinski definition) is 1. The molecule has 0 aliphatic heterocycles. The minimum absolute atomic E-state index is 0.211. The van der Waals surface area contributed by atoms with Gasteiger partial charge in [0.25, 0.3) is 0 Å². The molecule has 0 amide bonds. The number of hydrogen-bond acceptors (Lipinski definition) is 1. The lowest BCUT2D eigenvalue weighted by Crippen LogP contribution is -2.44. The molecule has 0 saturated heterocycles. The Balaban J connectivity index is 2.07. The lowest BCUT2D eigenvalue weighted by Gasteiger charge is -2.34. The Morgan fingerprint density at radius 1 is 1.16 bits per heavy atom. The third-order valence-electron chi connectivity index (χ3n) is 4.28. The fraction of sp³-hybridized carbons (Fsp3) is 0.667. The number of nitrogens with one attached hydrogen (secondary N) is 1. The summed E-state index contributed by atoms with van der Waals surface area (Å²) < 4.78 is 0. The summed E-state index contributed by atoms with van der Waals surface area (Å²) in [5.74, 6) is 0.905. The molecule has 0 aromatic heterocycles. The van der Waals surface area contributed by atoms with E-state index < -0.39 is 0 Å². The lowest BCUT2D eigenvalue weighted by atomic mass is 9.78. The van der Waals surface area contributed by atoms with E-state index in [1.54, 1.807) is 0 Å². The Morgan fingerprint density at radius 2 is 1.84 bits per heavy atom. The van der Waals surface area contributed by atoms with Gasteiger partial charge in [-0.25, -0.2) is 0 Å². The van der Waals surface area contributed by atoms with Crippen molar-refractivity contribution in [3.8, 4) is 0 Å². The van der Waals surface area contributed by atoms with E-state index in [9.17, 15) is 0 Å². The van der Waals surface area contributed by atoms with Crippen molar-refractivity contribution in [2.45, 2.75) is 59.4 Å². The Hall–Kier alpha value is -0.820. The lowest BCUT2D eigenvalue weighted by molar-refractivity contribution is 0.227. The molecule has 1 atom stereocenters. The molecule has 0 radical (unpaired) electrons. The summed E-state index contributed by atoms with van der Waals surface area (Å²) >= 11 is 0.